The van der Waals surface area contributed by atoms with Gasteiger partial charge in [0.25, 0.3) is 0 Å². The minimum absolute atomic E-state index is 0.228. The van der Waals surface area contributed by atoms with Crippen LogP contribution in [0.25, 0.3) is 0 Å². The Morgan fingerprint density at radius 3 is 2.37 bits per heavy atom. The number of carbonyl (C=O) groups is 1. The van der Waals surface area contributed by atoms with E-state index in [1.54, 1.807) is 0 Å². The van der Waals surface area contributed by atoms with E-state index in [2.05, 4.69) is 30.9 Å². The predicted molar refractivity (Wildman–Crippen MR) is 80.9 cm³/mol. The topological polar surface area (TPSA) is 20.3 Å². The van der Waals surface area contributed by atoms with E-state index >= 15 is 0 Å². The van der Waals surface area contributed by atoms with Gasteiger partial charge in [0.2, 0.25) is 0 Å². The van der Waals surface area contributed by atoms with Crippen molar-refractivity contribution in [3.8, 4) is 0 Å². The van der Waals surface area contributed by atoms with Crippen molar-refractivity contribution in [2.45, 2.75) is 52.5 Å². The fourth-order valence-corrected chi connectivity index (χ4v) is 2.35. The fraction of sp³-hybridized carbons (Fsp3) is 0.588. The monoisotopic (exact) mass is 259 g/mol. The van der Waals surface area contributed by atoms with Gasteiger partial charge in [-0.3, -0.25) is 4.79 Å². The second-order valence-electron chi connectivity index (χ2n) is 5.93. The molecule has 1 aromatic carbocycles. The molecular formula is C17H25NO. The summed E-state index contributed by atoms with van der Waals surface area (Å²) in [7, 11) is 0. The minimum Gasteiger partial charge on any atom is -0.369 e. The van der Waals surface area contributed by atoms with Crippen LogP contribution in [-0.2, 0) is 0 Å². The molecule has 0 aliphatic heterocycles. The quantitative estimate of drug-likeness (QED) is 0.681. The van der Waals surface area contributed by atoms with Gasteiger partial charge in [-0.1, -0.05) is 20.8 Å². The Kier molecular flexibility index (Phi) is 4.62. The third-order valence-corrected chi connectivity index (χ3v) is 3.78. The maximum atomic E-state index is 11.6. The van der Waals surface area contributed by atoms with Gasteiger partial charge in [0.1, 0.15) is 0 Å². The second kappa shape index (κ2) is 6.23. The molecule has 0 aromatic heterocycles. The van der Waals surface area contributed by atoms with Crippen molar-refractivity contribution >= 4 is 11.5 Å². The van der Waals surface area contributed by atoms with Crippen LogP contribution >= 0.6 is 0 Å². The smallest absolute Gasteiger partial charge is 0.162 e. The third-order valence-electron chi connectivity index (χ3n) is 3.78. The molecule has 0 spiro atoms. The molecule has 0 unspecified atom stereocenters. The molecule has 1 saturated carbocycles. The fourth-order valence-electron chi connectivity index (χ4n) is 2.35. The first-order valence-electron chi connectivity index (χ1n) is 7.51. The van der Waals surface area contributed by atoms with E-state index in [-0.39, 0.29) is 5.78 Å². The minimum atomic E-state index is 0.228. The van der Waals surface area contributed by atoms with E-state index < -0.39 is 0 Å². The number of benzene rings is 1. The zero-order chi connectivity index (χ0) is 13.8. The van der Waals surface area contributed by atoms with Crippen LogP contribution in [0.1, 0.15) is 56.8 Å². The summed E-state index contributed by atoms with van der Waals surface area (Å²) in [6.07, 6.45) is 4.44. The molecule has 1 aliphatic rings. The van der Waals surface area contributed by atoms with Crippen molar-refractivity contribution < 1.29 is 4.79 Å². The molecule has 2 nitrogen and oxygen atoms in total. The molecule has 19 heavy (non-hydrogen) atoms. The molecule has 2 rings (SSSR count). The summed E-state index contributed by atoms with van der Waals surface area (Å²) < 4.78 is 0. The first kappa shape index (κ1) is 14.1. The molecule has 104 valence electrons. The van der Waals surface area contributed by atoms with Gasteiger partial charge in [-0.05, 0) is 49.4 Å². The van der Waals surface area contributed by atoms with Crippen LogP contribution in [0.5, 0.6) is 0 Å². The second-order valence-corrected chi connectivity index (χ2v) is 5.93. The van der Waals surface area contributed by atoms with Gasteiger partial charge < -0.3 is 4.90 Å². The number of rotatable bonds is 7. The van der Waals surface area contributed by atoms with E-state index in [9.17, 15) is 4.79 Å². The highest BCUT2D eigenvalue weighted by Crippen LogP contribution is 2.32. The van der Waals surface area contributed by atoms with Crippen molar-refractivity contribution in [3.05, 3.63) is 29.8 Å². The Labute approximate surface area is 116 Å². The molecule has 0 atom stereocenters. The average Bonchev–Trinajstić information content (AvgIpc) is 3.23. The van der Waals surface area contributed by atoms with Crippen molar-refractivity contribution in [2.75, 3.05) is 11.4 Å². The van der Waals surface area contributed by atoms with Gasteiger partial charge in [0, 0.05) is 30.3 Å². The lowest BCUT2D eigenvalue weighted by atomic mass is 10.1. The van der Waals surface area contributed by atoms with Crippen LogP contribution in [0, 0.1) is 5.92 Å². The summed E-state index contributed by atoms with van der Waals surface area (Å²) >= 11 is 0. The number of hydrogen-bond acceptors (Lipinski definition) is 2. The molecule has 2 heteroatoms. The van der Waals surface area contributed by atoms with Gasteiger partial charge >= 0.3 is 0 Å². The number of carbonyl (C=O) groups excluding carboxylic acids is 1. The van der Waals surface area contributed by atoms with Gasteiger partial charge in [-0.15, -0.1) is 0 Å². The molecule has 0 N–H and O–H groups in total. The number of ketones is 1. The molecule has 0 radical (unpaired) electrons. The van der Waals surface area contributed by atoms with Gasteiger partial charge in [0.05, 0.1) is 0 Å². The third kappa shape index (κ3) is 3.82. The summed E-state index contributed by atoms with van der Waals surface area (Å²) in [5.74, 6) is 0.967. The van der Waals surface area contributed by atoms with E-state index in [1.165, 1.54) is 24.9 Å². The maximum Gasteiger partial charge on any atom is 0.162 e. The van der Waals surface area contributed by atoms with Gasteiger partial charge in [-0.25, -0.2) is 0 Å². The zero-order valence-electron chi connectivity index (χ0n) is 12.4. The summed E-state index contributed by atoms with van der Waals surface area (Å²) in [5, 5.41) is 0. The standard InChI is InChI=1S/C17H25NO/c1-4-17(19)14-5-7-15(8-6-14)18(16-9-10-16)12-11-13(2)3/h5-8,13,16H,4,9-12H2,1-3H3. The molecule has 0 heterocycles. The molecule has 0 amide bonds. The highest BCUT2D eigenvalue weighted by atomic mass is 16.1. The van der Waals surface area contributed by atoms with E-state index in [1.807, 2.05) is 19.1 Å². The maximum absolute atomic E-state index is 11.6. The highest BCUT2D eigenvalue weighted by molar-refractivity contribution is 5.96. The SMILES string of the molecule is CCC(=O)c1ccc(N(CCC(C)C)C2CC2)cc1. The van der Waals surface area contributed by atoms with Crippen LogP contribution in [0.3, 0.4) is 0 Å². The Morgan fingerprint density at radius 1 is 1.26 bits per heavy atom. The Balaban J connectivity index is 2.07. The molecule has 1 fully saturated rings. The van der Waals surface area contributed by atoms with Crippen molar-refractivity contribution in [1.29, 1.82) is 0 Å². The number of Topliss-reactive ketones (excluding diaryl/α,β-unsaturated/α-hetero) is 1. The predicted octanol–water partition coefficient (Wildman–Crippen LogP) is 4.29. The highest BCUT2D eigenvalue weighted by Gasteiger charge is 2.29. The number of anilines is 1. The molecular weight excluding hydrogens is 234 g/mol. The molecule has 1 aromatic rings. The largest absolute Gasteiger partial charge is 0.369 e. The Hall–Kier alpha value is -1.31. The van der Waals surface area contributed by atoms with Gasteiger partial charge in [-0.2, -0.15) is 0 Å². The Morgan fingerprint density at radius 2 is 1.89 bits per heavy atom. The van der Waals surface area contributed by atoms with Crippen molar-refractivity contribution in [1.82, 2.24) is 0 Å². The number of nitrogens with zero attached hydrogens (tertiary/aromatic N) is 1. The lowest BCUT2D eigenvalue weighted by Crippen LogP contribution is -2.27. The summed E-state index contributed by atoms with van der Waals surface area (Å²) in [4.78, 5) is 14.2. The summed E-state index contributed by atoms with van der Waals surface area (Å²) in [6.45, 7) is 7.58. The van der Waals surface area contributed by atoms with Crippen molar-refractivity contribution in [3.63, 3.8) is 0 Å². The van der Waals surface area contributed by atoms with E-state index in [0.29, 0.717) is 6.42 Å². The van der Waals surface area contributed by atoms with Crippen LogP contribution < -0.4 is 4.90 Å². The lowest BCUT2D eigenvalue weighted by Gasteiger charge is -2.25. The molecule has 1 aliphatic carbocycles. The normalized spacial score (nSPS) is 14.7. The van der Waals surface area contributed by atoms with Gasteiger partial charge in [0.15, 0.2) is 5.78 Å². The molecule has 0 saturated heterocycles. The zero-order valence-corrected chi connectivity index (χ0v) is 12.4. The van der Waals surface area contributed by atoms with Crippen LogP contribution in [0.15, 0.2) is 24.3 Å². The van der Waals surface area contributed by atoms with E-state index in [0.717, 1.165) is 24.1 Å². The average molecular weight is 259 g/mol. The Bertz CT molecular complexity index is 417. The van der Waals surface area contributed by atoms with Crippen LogP contribution in [-0.4, -0.2) is 18.4 Å². The summed E-state index contributed by atoms with van der Waals surface area (Å²) in [6, 6.07) is 8.91. The first-order chi connectivity index (χ1) is 9.11. The number of hydrogen-bond donors (Lipinski definition) is 0. The lowest BCUT2D eigenvalue weighted by molar-refractivity contribution is 0.0988. The molecule has 0 bridgehead atoms. The van der Waals surface area contributed by atoms with Crippen LogP contribution in [0.4, 0.5) is 5.69 Å². The van der Waals surface area contributed by atoms with Crippen LogP contribution in [0.2, 0.25) is 0 Å². The van der Waals surface area contributed by atoms with Crippen molar-refractivity contribution in [2.24, 2.45) is 5.92 Å². The first-order valence-corrected chi connectivity index (χ1v) is 7.51. The summed E-state index contributed by atoms with van der Waals surface area (Å²) in [5.41, 5.74) is 2.11. The van der Waals surface area contributed by atoms with E-state index in [4.69, 9.17) is 0 Å².